The van der Waals surface area contributed by atoms with Crippen molar-refractivity contribution in [3.05, 3.63) is 58.7 Å². The van der Waals surface area contributed by atoms with Crippen LogP contribution in [0.3, 0.4) is 0 Å². The van der Waals surface area contributed by atoms with Crippen molar-refractivity contribution in [3.8, 4) is 0 Å². The van der Waals surface area contributed by atoms with Gasteiger partial charge in [-0.2, -0.15) is 0 Å². The minimum absolute atomic E-state index is 0.00827. The molecule has 1 aliphatic heterocycles. The van der Waals surface area contributed by atoms with Gasteiger partial charge in [0.05, 0.1) is 5.92 Å². The highest BCUT2D eigenvalue weighted by Gasteiger charge is 2.35. The molecule has 0 saturated carbocycles. The zero-order chi connectivity index (χ0) is 18.1. The third kappa shape index (κ3) is 3.58. The van der Waals surface area contributed by atoms with Crippen LogP contribution in [0.5, 0.6) is 0 Å². The van der Waals surface area contributed by atoms with E-state index in [0.717, 1.165) is 28.1 Å². The molecule has 2 aromatic rings. The number of aryl methyl sites for hydroxylation is 4. The molecule has 25 heavy (non-hydrogen) atoms. The average molecular weight is 336 g/mol. The molecule has 0 spiro atoms. The van der Waals surface area contributed by atoms with Gasteiger partial charge in [0.15, 0.2) is 0 Å². The molecule has 0 radical (unpaired) electrons. The van der Waals surface area contributed by atoms with E-state index in [1.165, 1.54) is 5.56 Å². The predicted molar refractivity (Wildman–Crippen MR) is 101 cm³/mol. The first-order chi connectivity index (χ1) is 11.8. The molecule has 2 amide bonds. The van der Waals surface area contributed by atoms with Gasteiger partial charge < -0.3 is 10.2 Å². The molecular formula is C21H24N2O2. The fraction of sp³-hybridized carbons (Fsp3) is 0.333. The number of benzene rings is 2. The van der Waals surface area contributed by atoms with Crippen LogP contribution in [0.4, 0.5) is 11.4 Å². The molecule has 4 nitrogen and oxygen atoms in total. The lowest BCUT2D eigenvalue weighted by Gasteiger charge is -2.19. The molecule has 1 fully saturated rings. The molecule has 130 valence electrons. The summed E-state index contributed by atoms with van der Waals surface area (Å²) >= 11 is 0. The van der Waals surface area contributed by atoms with Crippen molar-refractivity contribution in [2.75, 3.05) is 16.8 Å². The Morgan fingerprint density at radius 3 is 2.44 bits per heavy atom. The van der Waals surface area contributed by atoms with Crippen molar-refractivity contribution in [1.29, 1.82) is 0 Å². The average Bonchev–Trinajstić information content (AvgIpc) is 2.95. The van der Waals surface area contributed by atoms with E-state index in [9.17, 15) is 9.59 Å². The summed E-state index contributed by atoms with van der Waals surface area (Å²) in [5.74, 6) is -0.410. The Hall–Kier alpha value is -2.62. The van der Waals surface area contributed by atoms with Crippen molar-refractivity contribution >= 4 is 23.2 Å². The number of nitrogens with one attached hydrogen (secondary N) is 1. The third-order valence-electron chi connectivity index (χ3n) is 4.93. The molecule has 3 rings (SSSR count). The molecule has 0 aromatic heterocycles. The topological polar surface area (TPSA) is 49.4 Å². The monoisotopic (exact) mass is 336 g/mol. The fourth-order valence-electron chi connectivity index (χ4n) is 3.19. The molecule has 0 bridgehead atoms. The van der Waals surface area contributed by atoms with Gasteiger partial charge in [-0.05, 0) is 68.1 Å². The van der Waals surface area contributed by atoms with E-state index >= 15 is 0 Å². The van der Waals surface area contributed by atoms with Crippen molar-refractivity contribution in [1.82, 2.24) is 0 Å². The maximum absolute atomic E-state index is 12.6. The van der Waals surface area contributed by atoms with Gasteiger partial charge in [0.2, 0.25) is 11.8 Å². The SMILES string of the molecule is Cc1ccc(C)c(N2C[C@@H](C(=O)Nc3ccc(C)c(C)c3)CC2=O)c1. The fourth-order valence-corrected chi connectivity index (χ4v) is 3.19. The Morgan fingerprint density at radius 2 is 1.72 bits per heavy atom. The summed E-state index contributed by atoms with van der Waals surface area (Å²) in [5, 5.41) is 2.95. The maximum Gasteiger partial charge on any atom is 0.229 e. The number of amides is 2. The number of hydrogen-bond donors (Lipinski definition) is 1. The van der Waals surface area contributed by atoms with Crippen LogP contribution in [0.15, 0.2) is 36.4 Å². The molecule has 2 aromatic carbocycles. The molecule has 4 heteroatoms. The Bertz CT molecular complexity index is 842. The van der Waals surface area contributed by atoms with E-state index in [1.54, 1.807) is 4.90 Å². The van der Waals surface area contributed by atoms with E-state index in [4.69, 9.17) is 0 Å². The van der Waals surface area contributed by atoms with E-state index in [0.29, 0.717) is 6.54 Å². The van der Waals surface area contributed by atoms with Crippen LogP contribution in [0.2, 0.25) is 0 Å². The molecule has 1 atom stereocenters. The predicted octanol–water partition coefficient (Wildman–Crippen LogP) is 3.91. The van der Waals surface area contributed by atoms with Crippen LogP contribution in [0, 0.1) is 33.6 Å². The van der Waals surface area contributed by atoms with Crippen molar-refractivity contribution < 1.29 is 9.59 Å². The first kappa shape index (κ1) is 17.2. The van der Waals surface area contributed by atoms with Crippen LogP contribution < -0.4 is 10.2 Å². The Labute approximate surface area is 148 Å². The quantitative estimate of drug-likeness (QED) is 0.924. The standard InChI is InChI=1S/C21H24N2O2/c1-13-5-6-15(3)19(9-13)23-12-17(11-20(23)24)21(25)22-18-8-7-14(2)16(4)10-18/h5-10,17H,11-12H2,1-4H3,(H,22,25)/t17-/m0/s1. The van der Waals surface area contributed by atoms with Crippen LogP contribution in [0.1, 0.15) is 28.7 Å². The van der Waals surface area contributed by atoms with Gasteiger partial charge in [0.1, 0.15) is 0 Å². The van der Waals surface area contributed by atoms with Gasteiger partial charge in [-0.15, -0.1) is 0 Å². The van der Waals surface area contributed by atoms with Crippen molar-refractivity contribution in [3.63, 3.8) is 0 Å². The van der Waals surface area contributed by atoms with Gasteiger partial charge in [-0.3, -0.25) is 9.59 Å². The lowest BCUT2D eigenvalue weighted by molar-refractivity contribution is -0.122. The Kier molecular flexibility index (Phi) is 4.62. The summed E-state index contributed by atoms with van der Waals surface area (Å²) in [6.45, 7) is 8.49. The highest BCUT2D eigenvalue weighted by atomic mass is 16.2. The molecule has 0 unspecified atom stereocenters. The molecule has 1 heterocycles. The van der Waals surface area contributed by atoms with Gasteiger partial charge >= 0.3 is 0 Å². The summed E-state index contributed by atoms with van der Waals surface area (Å²) in [7, 11) is 0. The van der Waals surface area contributed by atoms with Gasteiger partial charge in [0, 0.05) is 24.3 Å². The Balaban J connectivity index is 1.74. The largest absolute Gasteiger partial charge is 0.326 e. The number of anilines is 2. The first-order valence-electron chi connectivity index (χ1n) is 8.61. The van der Waals surface area contributed by atoms with Crippen LogP contribution >= 0.6 is 0 Å². The second-order valence-electron chi connectivity index (χ2n) is 6.98. The van der Waals surface area contributed by atoms with Crippen molar-refractivity contribution in [2.45, 2.75) is 34.1 Å². The summed E-state index contributed by atoms with van der Waals surface area (Å²) in [5.41, 5.74) is 6.18. The lowest BCUT2D eigenvalue weighted by Crippen LogP contribution is -2.28. The summed E-state index contributed by atoms with van der Waals surface area (Å²) in [6.07, 6.45) is 0.254. The van der Waals surface area contributed by atoms with Gasteiger partial charge in [-0.1, -0.05) is 18.2 Å². The number of carbonyl (C=O) groups excluding carboxylic acids is 2. The van der Waals surface area contributed by atoms with E-state index in [2.05, 4.69) is 5.32 Å². The molecule has 1 saturated heterocycles. The number of nitrogens with zero attached hydrogens (tertiary/aromatic N) is 1. The third-order valence-corrected chi connectivity index (χ3v) is 4.93. The highest BCUT2D eigenvalue weighted by molar-refractivity contribution is 6.03. The minimum atomic E-state index is -0.325. The minimum Gasteiger partial charge on any atom is -0.326 e. The van der Waals surface area contributed by atoms with E-state index in [1.807, 2.05) is 64.1 Å². The zero-order valence-corrected chi connectivity index (χ0v) is 15.2. The summed E-state index contributed by atoms with van der Waals surface area (Å²) in [6, 6.07) is 11.9. The molecule has 0 aliphatic carbocycles. The van der Waals surface area contributed by atoms with Gasteiger partial charge in [-0.25, -0.2) is 0 Å². The normalized spacial score (nSPS) is 17.0. The van der Waals surface area contributed by atoms with E-state index in [-0.39, 0.29) is 24.2 Å². The zero-order valence-electron chi connectivity index (χ0n) is 15.2. The van der Waals surface area contributed by atoms with Crippen LogP contribution in [-0.4, -0.2) is 18.4 Å². The van der Waals surface area contributed by atoms with Crippen molar-refractivity contribution in [2.24, 2.45) is 5.92 Å². The maximum atomic E-state index is 12.6. The molecular weight excluding hydrogens is 312 g/mol. The number of hydrogen-bond acceptors (Lipinski definition) is 2. The number of carbonyl (C=O) groups is 2. The highest BCUT2D eigenvalue weighted by Crippen LogP contribution is 2.29. The second-order valence-corrected chi connectivity index (χ2v) is 6.98. The molecule has 1 aliphatic rings. The summed E-state index contributed by atoms with van der Waals surface area (Å²) < 4.78 is 0. The van der Waals surface area contributed by atoms with Crippen LogP contribution in [-0.2, 0) is 9.59 Å². The number of rotatable bonds is 3. The van der Waals surface area contributed by atoms with Crippen LogP contribution in [0.25, 0.3) is 0 Å². The van der Waals surface area contributed by atoms with E-state index < -0.39 is 0 Å². The second kappa shape index (κ2) is 6.71. The summed E-state index contributed by atoms with van der Waals surface area (Å²) in [4.78, 5) is 26.8. The van der Waals surface area contributed by atoms with Gasteiger partial charge in [0.25, 0.3) is 0 Å². The Morgan fingerprint density at radius 1 is 1.00 bits per heavy atom. The lowest BCUT2D eigenvalue weighted by atomic mass is 10.1. The first-order valence-corrected chi connectivity index (χ1v) is 8.61. The smallest absolute Gasteiger partial charge is 0.229 e. The molecule has 1 N–H and O–H groups in total.